The number of para-hydroxylation sites is 1. The van der Waals surface area contributed by atoms with Crippen LogP contribution in [0.25, 0.3) is 10.9 Å². The van der Waals surface area contributed by atoms with Gasteiger partial charge >= 0.3 is 0 Å². The highest BCUT2D eigenvalue weighted by molar-refractivity contribution is 7.71. The minimum absolute atomic E-state index is 0.518. The number of benzene rings is 1. The Kier molecular flexibility index (Phi) is 2.75. The van der Waals surface area contributed by atoms with Crippen LogP contribution in [0.15, 0.2) is 30.5 Å². The van der Waals surface area contributed by atoms with Crippen LogP contribution in [0, 0.1) is 0 Å². The van der Waals surface area contributed by atoms with Gasteiger partial charge in [-0.2, -0.15) is 0 Å². The summed E-state index contributed by atoms with van der Waals surface area (Å²) in [5, 5.41) is 0.960. The van der Waals surface area contributed by atoms with Crippen LogP contribution in [0.1, 0.15) is 5.56 Å². The van der Waals surface area contributed by atoms with E-state index in [9.17, 15) is 8.42 Å². The zero-order valence-corrected chi connectivity index (χ0v) is 8.98. The average molecular weight is 224 g/mol. The molecule has 1 aromatic carbocycles. The van der Waals surface area contributed by atoms with Crippen LogP contribution in [-0.2, 0) is 17.3 Å². The molecule has 1 aromatic heterocycles. The number of nitrogens with two attached hydrogens (primary N) is 1. The summed E-state index contributed by atoms with van der Waals surface area (Å²) in [6.07, 6.45) is 2.33. The third kappa shape index (κ3) is 1.75. The summed E-state index contributed by atoms with van der Waals surface area (Å²) >= 11 is 0. The molecule has 5 heteroatoms. The zero-order chi connectivity index (χ0) is 10.8. The van der Waals surface area contributed by atoms with Gasteiger partial charge in [0.1, 0.15) is 0 Å². The number of hydrogen-bond acceptors (Lipinski definition) is 3. The Bertz CT molecular complexity index is 550. The van der Waals surface area contributed by atoms with Crippen molar-refractivity contribution >= 4 is 21.8 Å². The highest BCUT2D eigenvalue weighted by Crippen LogP contribution is 2.21. The maximum atomic E-state index is 11.0. The molecule has 0 aliphatic heterocycles. The van der Waals surface area contributed by atoms with Gasteiger partial charge in [0, 0.05) is 11.6 Å². The van der Waals surface area contributed by atoms with Gasteiger partial charge in [-0.1, -0.05) is 18.2 Å². The van der Waals surface area contributed by atoms with E-state index in [0.717, 1.165) is 16.5 Å². The Labute approximate surface area is 89.4 Å². The highest BCUT2D eigenvalue weighted by atomic mass is 32.2. The van der Waals surface area contributed by atoms with E-state index in [1.807, 2.05) is 18.2 Å². The summed E-state index contributed by atoms with van der Waals surface area (Å²) in [5.41, 5.74) is 7.18. The van der Waals surface area contributed by atoms with E-state index < -0.39 is 10.9 Å². The molecule has 0 fully saturated rings. The van der Waals surface area contributed by atoms with Gasteiger partial charge in [0.2, 0.25) is 10.9 Å². The maximum absolute atomic E-state index is 11.0. The van der Waals surface area contributed by atoms with Crippen molar-refractivity contribution in [3.05, 3.63) is 36.0 Å². The molecule has 0 saturated heterocycles. The fourth-order valence-corrected chi connectivity index (χ4v) is 2.31. The molecule has 0 amide bonds. The molecule has 80 valence electrons. The molecule has 2 N–H and O–H groups in total. The summed E-state index contributed by atoms with van der Waals surface area (Å²) in [6.45, 7) is 0.518. The van der Waals surface area contributed by atoms with E-state index >= 15 is 0 Å². The number of thiol groups is 1. The smallest absolute Gasteiger partial charge is 0.228 e. The molecule has 4 nitrogen and oxygen atoms in total. The third-order valence-electron chi connectivity index (χ3n) is 2.36. The lowest BCUT2D eigenvalue weighted by Crippen LogP contribution is -2.02. The molecular formula is C10H12N2O2S. The molecule has 15 heavy (non-hydrogen) atoms. The second-order valence-electron chi connectivity index (χ2n) is 3.29. The molecule has 0 unspecified atom stereocenters. The Balaban J connectivity index is 2.73. The molecule has 0 aliphatic carbocycles. The lowest BCUT2D eigenvalue weighted by Gasteiger charge is -1.94. The summed E-state index contributed by atoms with van der Waals surface area (Å²) in [7, 11) is -2.61. The molecule has 0 aliphatic rings. The molecule has 0 saturated carbocycles. The third-order valence-corrected chi connectivity index (χ3v) is 3.05. The first kappa shape index (κ1) is 10.2. The molecule has 0 bridgehead atoms. The van der Waals surface area contributed by atoms with Gasteiger partial charge in [0.15, 0.2) is 0 Å². The average Bonchev–Trinajstić information content (AvgIpc) is 2.59. The fourth-order valence-electron chi connectivity index (χ4n) is 1.72. The Morgan fingerprint density at radius 3 is 2.67 bits per heavy atom. The lowest BCUT2D eigenvalue weighted by molar-refractivity contribution is 0.608. The molecule has 0 atom stereocenters. The molecule has 0 spiro atoms. The van der Waals surface area contributed by atoms with Crippen molar-refractivity contribution in [2.45, 2.75) is 6.42 Å². The van der Waals surface area contributed by atoms with Crippen molar-refractivity contribution in [1.82, 2.24) is 3.97 Å². The Hall–Kier alpha value is -1.33. The topological polar surface area (TPSA) is 65.1 Å². The van der Waals surface area contributed by atoms with Crippen LogP contribution in [0.3, 0.4) is 0 Å². The first-order valence-electron chi connectivity index (χ1n) is 4.67. The second kappa shape index (κ2) is 4.04. The Morgan fingerprint density at radius 1 is 1.27 bits per heavy atom. The van der Waals surface area contributed by atoms with Gasteiger partial charge in [0.25, 0.3) is 0 Å². The van der Waals surface area contributed by atoms with E-state index in [-0.39, 0.29) is 0 Å². The number of nitrogens with zero attached hydrogens (tertiary/aromatic N) is 1. The monoisotopic (exact) mass is 224 g/mol. The summed E-state index contributed by atoms with van der Waals surface area (Å²) in [6, 6.07) is 7.42. The van der Waals surface area contributed by atoms with Crippen LogP contribution in [0.2, 0.25) is 0 Å². The predicted octanol–water partition coefficient (Wildman–Crippen LogP) is 0.517. The van der Waals surface area contributed by atoms with Crippen LogP contribution >= 0.6 is 0 Å². The van der Waals surface area contributed by atoms with Crippen molar-refractivity contribution in [1.29, 1.82) is 0 Å². The molecule has 0 radical (unpaired) electrons. The van der Waals surface area contributed by atoms with Crippen molar-refractivity contribution < 1.29 is 8.42 Å². The van der Waals surface area contributed by atoms with Gasteiger partial charge in [0.05, 0.1) is 5.52 Å². The van der Waals surface area contributed by atoms with Crippen molar-refractivity contribution in [3.63, 3.8) is 0 Å². The van der Waals surface area contributed by atoms with Crippen LogP contribution in [0.5, 0.6) is 0 Å². The number of fused-ring (bicyclic) bond motifs is 1. The minimum atomic E-state index is -2.61. The SMILES string of the molecule is NCCc1cn([SH](=O)=O)c2ccccc12. The lowest BCUT2D eigenvalue weighted by atomic mass is 10.1. The fraction of sp³-hybridized carbons (Fsp3) is 0.200. The number of aromatic nitrogens is 1. The summed E-state index contributed by atoms with van der Waals surface area (Å²) in [4.78, 5) is 0. The van der Waals surface area contributed by atoms with Gasteiger partial charge in [-0.3, -0.25) is 0 Å². The molecule has 2 rings (SSSR count). The summed E-state index contributed by atoms with van der Waals surface area (Å²) in [5.74, 6) is 0. The normalized spacial score (nSPS) is 11.3. The van der Waals surface area contributed by atoms with E-state index in [4.69, 9.17) is 5.73 Å². The standard InChI is InChI=1S/C10H12N2O2S/c11-6-5-8-7-12(15(13)14)10-4-2-1-3-9(8)10/h1-4,7,15H,5-6,11H2. The zero-order valence-electron chi connectivity index (χ0n) is 8.09. The maximum Gasteiger partial charge on any atom is 0.228 e. The van der Waals surface area contributed by atoms with Crippen LogP contribution in [0.4, 0.5) is 0 Å². The van der Waals surface area contributed by atoms with Crippen molar-refractivity contribution in [2.24, 2.45) is 5.73 Å². The molecule has 2 aromatic rings. The van der Waals surface area contributed by atoms with Crippen LogP contribution < -0.4 is 5.73 Å². The molecule has 1 heterocycles. The van der Waals surface area contributed by atoms with E-state index in [1.54, 1.807) is 12.3 Å². The number of rotatable bonds is 3. The van der Waals surface area contributed by atoms with Crippen LogP contribution in [-0.4, -0.2) is 18.9 Å². The van der Waals surface area contributed by atoms with Gasteiger partial charge < -0.3 is 5.73 Å². The van der Waals surface area contributed by atoms with Gasteiger partial charge in [-0.15, -0.1) is 0 Å². The number of hydrogen-bond donors (Lipinski definition) is 2. The van der Waals surface area contributed by atoms with E-state index in [1.165, 1.54) is 3.97 Å². The Morgan fingerprint density at radius 2 is 2.00 bits per heavy atom. The van der Waals surface area contributed by atoms with E-state index in [0.29, 0.717) is 13.0 Å². The highest BCUT2D eigenvalue weighted by Gasteiger charge is 2.07. The predicted molar refractivity (Wildman–Crippen MR) is 60.4 cm³/mol. The van der Waals surface area contributed by atoms with Crippen molar-refractivity contribution in [2.75, 3.05) is 6.54 Å². The first-order chi connectivity index (χ1) is 7.24. The first-order valence-corrected chi connectivity index (χ1v) is 5.81. The molecular weight excluding hydrogens is 212 g/mol. The van der Waals surface area contributed by atoms with E-state index in [2.05, 4.69) is 0 Å². The second-order valence-corrected chi connectivity index (χ2v) is 4.20. The summed E-state index contributed by atoms with van der Waals surface area (Å²) < 4.78 is 23.3. The largest absolute Gasteiger partial charge is 0.330 e. The quantitative estimate of drug-likeness (QED) is 0.747. The van der Waals surface area contributed by atoms with Gasteiger partial charge in [-0.25, -0.2) is 12.4 Å². The van der Waals surface area contributed by atoms with Crippen molar-refractivity contribution in [3.8, 4) is 0 Å². The van der Waals surface area contributed by atoms with Gasteiger partial charge in [-0.05, 0) is 24.6 Å². The minimum Gasteiger partial charge on any atom is -0.330 e.